The summed E-state index contributed by atoms with van der Waals surface area (Å²) >= 11 is 1.57. The fraction of sp³-hybridized carbons (Fsp3) is 0.192. The van der Waals surface area contributed by atoms with E-state index in [1.165, 1.54) is 5.22 Å². The Kier molecular flexibility index (Phi) is 7.11. The zero-order chi connectivity index (χ0) is 22.2. The molecular formula is C26H23N3O2S. The summed E-state index contributed by atoms with van der Waals surface area (Å²) in [5.74, 6) is 0.512. The fourth-order valence-electron chi connectivity index (χ4n) is 3.41. The van der Waals surface area contributed by atoms with Crippen LogP contribution in [0.25, 0.3) is 23.8 Å². The summed E-state index contributed by atoms with van der Waals surface area (Å²) in [5.41, 5.74) is 2.23. The Labute approximate surface area is 191 Å². The smallest absolute Gasteiger partial charge is 0.251 e. The molecule has 5 nitrogen and oxygen atoms in total. The van der Waals surface area contributed by atoms with Gasteiger partial charge >= 0.3 is 0 Å². The van der Waals surface area contributed by atoms with Gasteiger partial charge in [-0.25, -0.2) is 4.98 Å². The van der Waals surface area contributed by atoms with E-state index in [2.05, 4.69) is 28.5 Å². The minimum atomic E-state index is -0.200. The van der Waals surface area contributed by atoms with Gasteiger partial charge in [0.05, 0.1) is 23.5 Å². The van der Waals surface area contributed by atoms with Crippen molar-refractivity contribution in [2.24, 2.45) is 0 Å². The monoisotopic (exact) mass is 441 g/mol. The zero-order valence-corrected chi connectivity index (χ0v) is 18.4. The van der Waals surface area contributed by atoms with E-state index in [1.807, 2.05) is 60.0 Å². The van der Waals surface area contributed by atoms with E-state index in [0.29, 0.717) is 24.5 Å². The van der Waals surface area contributed by atoms with Crippen molar-refractivity contribution in [1.29, 1.82) is 5.26 Å². The molecule has 0 radical (unpaired) electrons. The van der Waals surface area contributed by atoms with Crippen LogP contribution in [-0.4, -0.2) is 17.4 Å². The number of carbonyl (C=O) groups excluding carboxylic acids is 1. The van der Waals surface area contributed by atoms with Crippen LogP contribution in [0.1, 0.15) is 35.4 Å². The molecule has 1 N–H and O–H groups in total. The van der Waals surface area contributed by atoms with E-state index in [4.69, 9.17) is 10.00 Å². The predicted molar refractivity (Wildman–Crippen MR) is 128 cm³/mol. The average molecular weight is 442 g/mol. The van der Waals surface area contributed by atoms with E-state index < -0.39 is 0 Å². The lowest BCUT2D eigenvalue weighted by Crippen LogP contribution is -2.30. The summed E-state index contributed by atoms with van der Waals surface area (Å²) in [6, 6.07) is 17.5. The van der Waals surface area contributed by atoms with Crippen LogP contribution in [0.5, 0.6) is 5.75 Å². The molecule has 0 saturated carbocycles. The molecule has 160 valence electrons. The molecule has 0 fully saturated rings. The lowest BCUT2D eigenvalue weighted by Gasteiger charge is -2.10. The molecule has 6 heteroatoms. The molecule has 0 aliphatic heterocycles. The lowest BCUT2D eigenvalue weighted by molar-refractivity contribution is -0.115. The minimum absolute atomic E-state index is 0.200. The van der Waals surface area contributed by atoms with Gasteiger partial charge in [-0.2, -0.15) is 5.26 Å². The van der Waals surface area contributed by atoms with Gasteiger partial charge in [0.1, 0.15) is 12.4 Å². The van der Waals surface area contributed by atoms with Crippen molar-refractivity contribution in [3.05, 3.63) is 80.6 Å². The third-order valence-corrected chi connectivity index (χ3v) is 5.85. The number of ether oxygens (including phenoxy) is 1. The highest BCUT2D eigenvalue weighted by Crippen LogP contribution is 2.24. The number of thiophene rings is 1. The predicted octanol–water partition coefficient (Wildman–Crippen LogP) is 3.65. The first-order valence-electron chi connectivity index (χ1n) is 10.5. The second kappa shape index (κ2) is 10.6. The van der Waals surface area contributed by atoms with Crippen LogP contribution in [0.4, 0.5) is 0 Å². The summed E-state index contributed by atoms with van der Waals surface area (Å²) in [6.07, 6.45) is 8.61. The highest BCUT2D eigenvalue weighted by atomic mass is 32.1. The number of hydrogen-bond acceptors (Lipinski definition) is 5. The molecule has 2 heterocycles. The Morgan fingerprint density at radius 3 is 2.78 bits per heavy atom. The van der Waals surface area contributed by atoms with Crippen LogP contribution < -0.4 is 20.6 Å². The van der Waals surface area contributed by atoms with Gasteiger partial charge in [0, 0.05) is 17.0 Å². The Bertz CT molecular complexity index is 1270. The number of fused-ring (bicyclic) bond motifs is 1. The quantitative estimate of drug-likeness (QED) is 0.428. The molecule has 1 aliphatic carbocycles. The third kappa shape index (κ3) is 5.51. The average Bonchev–Trinajstić information content (AvgIpc) is 3.35. The number of hydrogen-bond donors (Lipinski definition) is 1. The topological polar surface area (TPSA) is 75.0 Å². The van der Waals surface area contributed by atoms with Crippen molar-refractivity contribution >= 4 is 41.0 Å². The van der Waals surface area contributed by atoms with E-state index >= 15 is 0 Å². The van der Waals surface area contributed by atoms with Crippen molar-refractivity contribution in [3.8, 4) is 11.8 Å². The fourth-order valence-corrected chi connectivity index (χ4v) is 4.07. The minimum Gasteiger partial charge on any atom is -0.487 e. The lowest BCUT2D eigenvalue weighted by atomic mass is 10.0. The summed E-state index contributed by atoms with van der Waals surface area (Å²) < 4.78 is 5.92. The number of nitrogens with one attached hydrogen (secondary N) is 1. The van der Waals surface area contributed by atoms with Gasteiger partial charge < -0.3 is 10.1 Å². The van der Waals surface area contributed by atoms with Crippen LogP contribution in [0.3, 0.4) is 0 Å². The van der Waals surface area contributed by atoms with Crippen molar-refractivity contribution in [3.63, 3.8) is 0 Å². The maximum absolute atomic E-state index is 12.7. The Morgan fingerprint density at radius 1 is 1.16 bits per heavy atom. The second-order valence-electron chi connectivity index (χ2n) is 7.31. The van der Waals surface area contributed by atoms with Crippen LogP contribution in [0.2, 0.25) is 0 Å². The molecular weight excluding hydrogens is 418 g/mol. The number of nitrogens with zero attached hydrogens (tertiary/aromatic N) is 2. The first-order chi connectivity index (χ1) is 15.7. The van der Waals surface area contributed by atoms with E-state index in [-0.39, 0.29) is 12.3 Å². The molecule has 3 aromatic rings. The van der Waals surface area contributed by atoms with Gasteiger partial charge in [-0.1, -0.05) is 36.4 Å². The van der Waals surface area contributed by atoms with Gasteiger partial charge in [-0.05, 0) is 59.3 Å². The SMILES string of the molecule is N#CCCNC(=O)C(=Cc1cccs1)c1ccc(OCc2ccc3c(n2)=CCCC=3)cc1. The van der Waals surface area contributed by atoms with E-state index in [9.17, 15) is 4.79 Å². The van der Waals surface area contributed by atoms with Crippen LogP contribution >= 0.6 is 11.3 Å². The molecule has 0 bridgehead atoms. The van der Waals surface area contributed by atoms with Crippen molar-refractivity contribution < 1.29 is 9.53 Å². The third-order valence-electron chi connectivity index (χ3n) is 5.03. The number of carbonyl (C=O) groups is 1. The molecule has 0 unspecified atom stereocenters. The molecule has 0 atom stereocenters. The number of nitriles is 1. The number of amides is 1. The normalized spacial score (nSPS) is 12.7. The maximum Gasteiger partial charge on any atom is 0.251 e. The standard InChI is InChI=1S/C26H23N3O2S/c27-14-4-15-28-26(30)24(17-23-6-3-16-32-23)19-9-12-22(13-10-19)31-18-21-11-8-20-5-1-2-7-25(20)29-21/h3,5-13,16-17H,1-2,4,15,18H2,(H,28,30). The molecule has 4 rings (SSSR count). The van der Waals surface area contributed by atoms with Crippen molar-refractivity contribution in [1.82, 2.24) is 10.3 Å². The summed E-state index contributed by atoms with van der Waals surface area (Å²) in [6.45, 7) is 0.703. The highest BCUT2D eigenvalue weighted by Gasteiger charge is 2.13. The largest absolute Gasteiger partial charge is 0.487 e. The second-order valence-corrected chi connectivity index (χ2v) is 8.29. The number of rotatable bonds is 8. The maximum atomic E-state index is 12.7. The first kappa shape index (κ1) is 21.5. The van der Waals surface area contributed by atoms with Gasteiger partial charge in [-0.3, -0.25) is 4.79 Å². The number of pyridine rings is 1. The molecule has 1 amide bonds. The molecule has 0 saturated heterocycles. The Hall–Kier alpha value is -3.69. The van der Waals surface area contributed by atoms with Crippen molar-refractivity contribution in [2.75, 3.05) is 6.54 Å². The van der Waals surface area contributed by atoms with Crippen LogP contribution in [0.15, 0.2) is 53.9 Å². The summed E-state index contributed by atoms with van der Waals surface area (Å²) in [7, 11) is 0. The van der Waals surface area contributed by atoms with Crippen LogP contribution in [0, 0.1) is 11.3 Å². The van der Waals surface area contributed by atoms with E-state index in [1.54, 1.807) is 11.3 Å². The zero-order valence-electron chi connectivity index (χ0n) is 17.6. The van der Waals surface area contributed by atoms with Gasteiger partial charge in [0.15, 0.2) is 0 Å². The van der Waals surface area contributed by atoms with Gasteiger partial charge in [0.2, 0.25) is 0 Å². The van der Waals surface area contributed by atoms with Gasteiger partial charge in [0.25, 0.3) is 5.91 Å². The summed E-state index contributed by atoms with van der Waals surface area (Å²) in [5, 5.41) is 15.7. The molecule has 0 spiro atoms. The Balaban J connectivity index is 1.48. The number of aromatic nitrogens is 1. The Morgan fingerprint density at radius 2 is 2.00 bits per heavy atom. The molecule has 2 aromatic heterocycles. The van der Waals surface area contributed by atoms with E-state index in [0.717, 1.165) is 34.3 Å². The van der Waals surface area contributed by atoms with Gasteiger partial charge in [-0.15, -0.1) is 11.3 Å². The highest BCUT2D eigenvalue weighted by molar-refractivity contribution is 7.11. The molecule has 32 heavy (non-hydrogen) atoms. The first-order valence-corrected chi connectivity index (χ1v) is 11.4. The van der Waals surface area contributed by atoms with Crippen LogP contribution in [-0.2, 0) is 11.4 Å². The number of benzene rings is 1. The molecule has 1 aliphatic rings. The molecule has 1 aromatic carbocycles. The summed E-state index contributed by atoms with van der Waals surface area (Å²) in [4.78, 5) is 18.4. The van der Waals surface area contributed by atoms with Crippen molar-refractivity contribution in [2.45, 2.75) is 25.9 Å².